The van der Waals surface area contributed by atoms with E-state index < -0.39 is 0 Å². The van der Waals surface area contributed by atoms with Gasteiger partial charge in [0.05, 0.1) is 11.4 Å². The molecule has 0 atom stereocenters. The lowest BCUT2D eigenvalue weighted by Crippen LogP contribution is -2.27. The molecule has 2 aliphatic carbocycles. The molecule has 0 radical (unpaired) electrons. The molecule has 1 heterocycles. The van der Waals surface area contributed by atoms with Crippen LogP contribution in [0.15, 0.2) is 133 Å². The van der Waals surface area contributed by atoms with E-state index in [-0.39, 0.29) is 5.41 Å². The van der Waals surface area contributed by atoms with Crippen LogP contribution in [0.4, 0.5) is 0 Å². The van der Waals surface area contributed by atoms with E-state index in [1.165, 1.54) is 65.5 Å². The highest BCUT2D eigenvalue weighted by molar-refractivity contribution is 5.96. The number of hydrogen-bond donors (Lipinski definition) is 0. The first-order valence-corrected chi connectivity index (χ1v) is 15.1. The van der Waals surface area contributed by atoms with Gasteiger partial charge in [-0.25, -0.2) is 9.97 Å². The Balaban J connectivity index is 1.36. The molecule has 5 aromatic carbocycles. The first-order valence-electron chi connectivity index (χ1n) is 15.1. The fraction of sp³-hybridized carbons (Fsp3) is 0.150. The summed E-state index contributed by atoms with van der Waals surface area (Å²) in [4.78, 5) is 10.4. The predicted molar refractivity (Wildman–Crippen MR) is 173 cm³/mol. The van der Waals surface area contributed by atoms with Crippen LogP contribution < -0.4 is 0 Å². The van der Waals surface area contributed by atoms with Gasteiger partial charge in [-0.05, 0) is 52.3 Å². The van der Waals surface area contributed by atoms with Crippen LogP contribution in [0, 0.1) is 0 Å². The van der Waals surface area contributed by atoms with Crippen molar-refractivity contribution in [2.45, 2.75) is 37.5 Å². The maximum absolute atomic E-state index is 5.20. The van der Waals surface area contributed by atoms with Gasteiger partial charge in [0, 0.05) is 22.1 Å². The third kappa shape index (κ3) is 4.01. The van der Waals surface area contributed by atoms with Gasteiger partial charge in [-0.15, -0.1) is 0 Å². The van der Waals surface area contributed by atoms with Gasteiger partial charge >= 0.3 is 0 Å². The van der Waals surface area contributed by atoms with Crippen molar-refractivity contribution in [3.05, 3.63) is 145 Å². The predicted octanol–water partition coefficient (Wildman–Crippen LogP) is 10.4. The number of rotatable bonds is 4. The molecule has 0 unspecified atom stereocenters. The molecular formula is C40H32N2. The van der Waals surface area contributed by atoms with Gasteiger partial charge in [-0.1, -0.05) is 147 Å². The molecule has 0 amide bonds. The lowest BCUT2D eigenvalue weighted by molar-refractivity contribution is 0.353. The van der Waals surface area contributed by atoms with Gasteiger partial charge in [0.25, 0.3) is 0 Å². The Morgan fingerprint density at radius 3 is 1.62 bits per heavy atom. The number of aromatic nitrogens is 2. The normalized spacial score (nSPS) is 14.9. The van der Waals surface area contributed by atoms with Crippen molar-refractivity contribution in [1.82, 2.24) is 9.97 Å². The molecular weight excluding hydrogens is 508 g/mol. The summed E-state index contributed by atoms with van der Waals surface area (Å²) in [6.45, 7) is 0. The zero-order valence-corrected chi connectivity index (χ0v) is 23.6. The Kier molecular flexibility index (Phi) is 6.07. The summed E-state index contributed by atoms with van der Waals surface area (Å²) in [5.74, 6) is 0.752. The molecule has 1 saturated carbocycles. The molecule has 1 aromatic heterocycles. The third-order valence-electron chi connectivity index (χ3n) is 9.32. The second kappa shape index (κ2) is 10.2. The fourth-order valence-corrected chi connectivity index (χ4v) is 7.42. The molecule has 1 fully saturated rings. The van der Waals surface area contributed by atoms with E-state index in [1.807, 2.05) is 12.1 Å². The summed E-state index contributed by atoms with van der Waals surface area (Å²) in [5.41, 5.74) is 13.5. The van der Waals surface area contributed by atoms with Crippen molar-refractivity contribution >= 4 is 0 Å². The minimum absolute atomic E-state index is 0.124. The number of benzene rings is 5. The highest BCUT2D eigenvalue weighted by Gasteiger charge is 2.44. The number of fused-ring (bicyclic) bond motifs is 5. The molecule has 202 valence electrons. The van der Waals surface area contributed by atoms with Crippen LogP contribution in [-0.4, -0.2) is 9.97 Å². The van der Waals surface area contributed by atoms with Crippen molar-refractivity contribution in [3.8, 4) is 56.2 Å². The topological polar surface area (TPSA) is 25.8 Å². The summed E-state index contributed by atoms with van der Waals surface area (Å²) in [5, 5.41) is 0. The maximum atomic E-state index is 5.20. The van der Waals surface area contributed by atoms with Crippen molar-refractivity contribution in [1.29, 1.82) is 0 Å². The highest BCUT2D eigenvalue weighted by atomic mass is 14.9. The summed E-state index contributed by atoms with van der Waals surface area (Å²) in [7, 11) is 0. The van der Waals surface area contributed by atoms with Crippen molar-refractivity contribution in [2.75, 3.05) is 0 Å². The van der Waals surface area contributed by atoms with Crippen LogP contribution in [-0.2, 0) is 5.41 Å². The smallest absolute Gasteiger partial charge is 0.161 e. The molecule has 42 heavy (non-hydrogen) atoms. The van der Waals surface area contributed by atoms with Gasteiger partial charge < -0.3 is 0 Å². The van der Waals surface area contributed by atoms with E-state index in [0.29, 0.717) is 0 Å². The van der Waals surface area contributed by atoms with Gasteiger partial charge in [-0.3, -0.25) is 0 Å². The Hall–Kier alpha value is -4.82. The highest BCUT2D eigenvalue weighted by Crippen LogP contribution is 2.58. The van der Waals surface area contributed by atoms with Crippen LogP contribution >= 0.6 is 0 Å². The van der Waals surface area contributed by atoms with E-state index in [9.17, 15) is 0 Å². The van der Waals surface area contributed by atoms with Crippen molar-refractivity contribution in [3.63, 3.8) is 0 Å². The fourth-order valence-electron chi connectivity index (χ4n) is 7.42. The molecule has 0 aliphatic heterocycles. The second-order valence-corrected chi connectivity index (χ2v) is 11.7. The van der Waals surface area contributed by atoms with E-state index in [1.54, 1.807) is 0 Å². The standard InChI is InChI=1S/C40H32N2/c1-4-15-28(16-5-1)36-27-37(29-17-6-2-7-18-29)42-39(41-36)32-20-9-8-19-30(32)31-22-14-24-35-38(31)33-21-10-11-23-34(33)40(35)25-12-3-13-26-40/h1-2,4-11,14-24,27H,3,12-13,25-26H2. The largest absolute Gasteiger partial charge is 0.228 e. The molecule has 1 spiro atoms. The molecule has 2 heteroatoms. The van der Waals surface area contributed by atoms with Gasteiger partial charge in [0.2, 0.25) is 0 Å². The lowest BCUT2D eigenvalue weighted by Gasteiger charge is -2.36. The molecule has 8 rings (SSSR count). The summed E-state index contributed by atoms with van der Waals surface area (Å²) < 4.78 is 0. The molecule has 0 saturated heterocycles. The monoisotopic (exact) mass is 540 g/mol. The van der Waals surface area contributed by atoms with Gasteiger partial charge in [-0.2, -0.15) is 0 Å². The molecule has 0 bridgehead atoms. The van der Waals surface area contributed by atoms with E-state index in [0.717, 1.165) is 33.9 Å². The first kappa shape index (κ1) is 24.9. The van der Waals surface area contributed by atoms with Crippen LogP contribution in [0.2, 0.25) is 0 Å². The summed E-state index contributed by atoms with van der Waals surface area (Å²) in [6.07, 6.45) is 6.37. The number of nitrogens with zero attached hydrogens (tertiary/aromatic N) is 2. The zero-order chi connectivity index (χ0) is 27.9. The molecule has 0 N–H and O–H groups in total. The van der Waals surface area contributed by atoms with Gasteiger partial charge in [0.15, 0.2) is 5.82 Å². The third-order valence-corrected chi connectivity index (χ3v) is 9.32. The van der Waals surface area contributed by atoms with Crippen LogP contribution in [0.25, 0.3) is 56.2 Å². The van der Waals surface area contributed by atoms with Crippen molar-refractivity contribution in [2.24, 2.45) is 0 Å². The Morgan fingerprint density at radius 1 is 0.429 bits per heavy atom. The lowest BCUT2D eigenvalue weighted by atomic mass is 9.67. The molecule has 6 aromatic rings. The average molecular weight is 541 g/mol. The maximum Gasteiger partial charge on any atom is 0.161 e. The van der Waals surface area contributed by atoms with E-state index >= 15 is 0 Å². The Morgan fingerprint density at radius 2 is 0.952 bits per heavy atom. The average Bonchev–Trinajstić information content (AvgIpc) is 3.34. The zero-order valence-electron chi connectivity index (χ0n) is 23.6. The minimum Gasteiger partial charge on any atom is -0.228 e. The summed E-state index contributed by atoms with van der Waals surface area (Å²) in [6, 6.07) is 47.8. The Bertz CT molecular complexity index is 1840. The first-order chi connectivity index (χ1) is 20.8. The molecule has 2 aliphatic rings. The molecule has 2 nitrogen and oxygen atoms in total. The quantitative estimate of drug-likeness (QED) is 0.222. The number of hydrogen-bond acceptors (Lipinski definition) is 2. The summed E-state index contributed by atoms with van der Waals surface area (Å²) >= 11 is 0. The SMILES string of the molecule is c1ccc(-c2cc(-c3ccccc3)nc(-c3ccccc3-c3cccc4c3-c3ccccc3C43CCCCC3)n2)cc1. The van der Waals surface area contributed by atoms with Crippen LogP contribution in [0.1, 0.15) is 43.2 Å². The van der Waals surface area contributed by atoms with Crippen LogP contribution in [0.5, 0.6) is 0 Å². The van der Waals surface area contributed by atoms with E-state index in [2.05, 4.69) is 121 Å². The second-order valence-electron chi connectivity index (χ2n) is 11.7. The Labute approximate surface area is 247 Å². The van der Waals surface area contributed by atoms with Crippen LogP contribution in [0.3, 0.4) is 0 Å². The van der Waals surface area contributed by atoms with E-state index in [4.69, 9.17) is 9.97 Å². The van der Waals surface area contributed by atoms with Crippen molar-refractivity contribution < 1.29 is 0 Å². The van der Waals surface area contributed by atoms with Gasteiger partial charge in [0.1, 0.15) is 0 Å². The minimum atomic E-state index is 0.124.